The molecule has 0 spiro atoms. The van der Waals surface area contributed by atoms with Crippen molar-refractivity contribution in [3.05, 3.63) is 29.8 Å². The van der Waals surface area contributed by atoms with Crippen molar-refractivity contribution in [3.63, 3.8) is 0 Å². The lowest BCUT2D eigenvalue weighted by Gasteiger charge is -2.21. The minimum atomic E-state index is -0.479. The molecule has 2 atom stereocenters. The van der Waals surface area contributed by atoms with Crippen LogP contribution in [0.3, 0.4) is 0 Å². The summed E-state index contributed by atoms with van der Waals surface area (Å²) in [5, 5.41) is 2.95. The van der Waals surface area contributed by atoms with Crippen LogP contribution in [0.15, 0.2) is 24.3 Å². The van der Waals surface area contributed by atoms with Crippen molar-refractivity contribution in [2.24, 2.45) is 5.92 Å². The number of aryl methyl sites for hydroxylation is 1. The predicted molar refractivity (Wildman–Crippen MR) is 73.7 cm³/mol. The van der Waals surface area contributed by atoms with E-state index >= 15 is 0 Å². The molecule has 0 aliphatic carbocycles. The Balaban J connectivity index is 2.55. The second-order valence-corrected chi connectivity index (χ2v) is 5.12. The van der Waals surface area contributed by atoms with E-state index in [1.807, 2.05) is 38.1 Å². The summed E-state index contributed by atoms with van der Waals surface area (Å²) in [5.41, 5.74) is 1.12. The topological polar surface area (TPSA) is 38.3 Å². The molecule has 0 radical (unpaired) electrons. The van der Waals surface area contributed by atoms with Crippen LogP contribution in [0.4, 0.5) is 0 Å². The Morgan fingerprint density at radius 2 is 1.89 bits per heavy atom. The van der Waals surface area contributed by atoms with E-state index in [1.54, 1.807) is 6.92 Å². The van der Waals surface area contributed by atoms with Gasteiger partial charge in [-0.25, -0.2) is 0 Å². The number of carbonyl (C=O) groups excluding carboxylic acids is 1. The molecule has 0 unspecified atom stereocenters. The van der Waals surface area contributed by atoms with Gasteiger partial charge in [-0.2, -0.15) is 0 Å². The molecule has 0 aromatic heterocycles. The summed E-state index contributed by atoms with van der Waals surface area (Å²) < 4.78 is 5.63. The molecule has 0 fully saturated rings. The lowest BCUT2D eigenvalue weighted by atomic mass is 10.1. The largest absolute Gasteiger partial charge is 0.481 e. The van der Waals surface area contributed by atoms with Gasteiger partial charge >= 0.3 is 0 Å². The maximum atomic E-state index is 11.9. The molecule has 0 aliphatic heterocycles. The Hall–Kier alpha value is -1.51. The second-order valence-electron chi connectivity index (χ2n) is 5.12. The number of rotatable bonds is 5. The standard InChI is InChI=1S/C15H23NO2/c1-10(2)12(4)16-15(17)13(5)18-14-8-6-7-11(3)9-14/h6-10,12-13H,1-5H3,(H,16,17)/t12-,13-/m1/s1. The molecule has 1 aromatic carbocycles. The molecule has 0 saturated heterocycles. The van der Waals surface area contributed by atoms with E-state index < -0.39 is 6.10 Å². The molecule has 0 heterocycles. The maximum absolute atomic E-state index is 11.9. The third-order valence-corrected chi connectivity index (χ3v) is 3.04. The first-order chi connectivity index (χ1) is 8.40. The van der Waals surface area contributed by atoms with E-state index in [1.165, 1.54) is 0 Å². The maximum Gasteiger partial charge on any atom is 0.260 e. The molecule has 18 heavy (non-hydrogen) atoms. The van der Waals surface area contributed by atoms with Crippen molar-refractivity contribution in [2.75, 3.05) is 0 Å². The van der Waals surface area contributed by atoms with Crippen LogP contribution in [0.1, 0.15) is 33.3 Å². The monoisotopic (exact) mass is 249 g/mol. The van der Waals surface area contributed by atoms with E-state index in [4.69, 9.17) is 4.74 Å². The van der Waals surface area contributed by atoms with Gasteiger partial charge in [0.2, 0.25) is 0 Å². The van der Waals surface area contributed by atoms with Crippen molar-refractivity contribution in [3.8, 4) is 5.75 Å². The van der Waals surface area contributed by atoms with Crippen LogP contribution in [0.2, 0.25) is 0 Å². The van der Waals surface area contributed by atoms with E-state index in [0.717, 1.165) is 11.3 Å². The second kappa shape index (κ2) is 6.43. The fourth-order valence-corrected chi connectivity index (χ4v) is 1.45. The molecule has 1 N–H and O–H groups in total. The average Bonchev–Trinajstić information content (AvgIpc) is 2.28. The van der Waals surface area contributed by atoms with Gasteiger partial charge in [0.25, 0.3) is 5.91 Å². The van der Waals surface area contributed by atoms with Crippen LogP contribution in [0.5, 0.6) is 5.75 Å². The van der Waals surface area contributed by atoms with Gasteiger partial charge in [0, 0.05) is 6.04 Å². The summed E-state index contributed by atoms with van der Waals surface area (Å²) in [6, 6.07) is 7.86. The van der Waals surface area contributed by atoms with Crippen LogP contribution in [-0.2, 0) is 4.79 Å². The molecule has 0 saturated carbocycles. The predicted octanol–water partition coefficient (Wildman–Crippen LogP) is 2.92. The summed E-state index contributed by atoms with van der Waals surface area (Å²) in [6.07, 6.45) is -0.479. The third-order valence-electron chi connectivity index (χ3n) is 3.04. The Morgan fingerprint density at radius 3 is 2.44 bits per heavy atom. The van der Waals surface area contributed by atoms with Crippen molar-refractivity contribution >= 4 is 5.91 Å². The van der Waals surface area contributed by atoms with Gasteiger partial charge in [-0.3, -0.25) is 4.79 Å². The fourth-order valence-electron chi connectivity index (χ4n) is 1.45. The smallest absolute Gasteiger partial charge is 0.260 e. The van der Waals surface area contributed by atoms with Crippen molar-refractivity contribution in [1.82, 2.24) is 5.32 Å². The highest BCUT2D eigenvalue weighted by molar-refractivity contribution is 5.81. The Labute approximate surface area is 110 Å². The zero-order chi connectivity index (χ0) is 13.7. The highest BCUT2D eigenvalue weighted by Crippen LogP contribution is 2.14. The van der Waals surface area contributed by atoms with Crippen LogP contribution in [0.25, 0.3) is 0 Å². The highest BCUT2D eigenvalue weighted by atomic mass is 16.5. The number of carbonyl (C=O) groups is 1. The minimum absolute atomic E-state index is 0.0716. The van der Waals surface area contributed by atoms with E-state index in [2.05, 4.69) is 19.2 Å². The van der Waals surface area contributed by atoms with Gasteiger partial charge in [0.05, 0.1) is 0 Å². The first-order valence-corrected chi connectivity index (χ1v) is 6.44. The number of nitrogens with one attached hydrogen (secondary N) is 1. The van der Waals surface area contributed by atoms with Gasteiger partial charge < -0.3 is 10.1 Å². The molecule has 0 bridgehead atoms. The number of hydrogen-bond acceptors (Lipinski definition) is 2. The van der Waals surface area contributed by atoms with E-state index in [-0.39, 0.29) is 11.9 Å². The quantitative estimate of drug-likeness (QED) is 0.871. The zero-order valence-corrected chi connectivity index (χ0v) is 11.9. The van der Waals surface area contributed by atoms with Crippen LogP contribution < -0.4 is 10.1 Å². The molecular formula is C15H23NO2. The highest BCUT2D eigenvalue weighted by Gasteiger charge is 2.18. The summed E-state index contributed by atoms with van der Waals surface area (Å²) >= 11 is 0. The zero-order valence-electron chi connectivity index (χ0n) is 11.9. The summed E-state index contributed by atoms with van der Waals surface area (Å²) in [6.45, 7) is 9.93. The molecule has 100 valence electrons. The molecule has 3 nitrogen and oxygen atoms in total. The van der Waals surface area contributed by atoms with E-state index in [0.29, 0.717) is 5.92 Å². The minimum Gasteiger partial charge on any atom is -0.481 e. The lowest BCUT2D eigenvalue weighted by molar-refractivity contribution is -0.128. The Bertz CT molecular complexity index is 401. The molecular weight excluding hydrogens is 226 g/mol. The summed E-state index contributed by atoms with van der Waals surface area (Å²) in [5.74, 6) is 1.08. The van der Waals surface area contributed by atoms with Gasteiger partial charge in [0.15, 0.2) is 6.10 Å². The van der Waals surface area contributed by atoms with Gasteiger partial charge in [0.1, 0.15) is 5.75 Å². The first-order valence-electron chi connectivity index (χ1n) is 6.44. The Morgan fingerprint density at radius 1 is 1.22 bits per heavy atom. The Kier molecular flexibility index (Phi) is 5.20. The summed E-state index contributed by atoms with van der Waals surface area (Å²) in [7, 11) is 0. The molecule has 0 aliphatic rings. The van der Waals surface area contributed by atoms with Gasteiger partial charge in [-0.1, -0.05) is 26.0 Å². The number of ether oxygens (including phenoxy) is 1. The average molecular weight is 249 g/mol. The number of benzene rings is 1. The van der Waals surface area contributed by atoms with Crippen LogP contribution >= 0.6 is 0 Å². The van der Waals surface area contributed by atoms with Crippen molar-refractivity contribution < 1.29 is 9.53 Å². The van der Waals surface area contributed by atoms with Gasteiger partial charge in [-0.15, -0.1) is 0 Å². The van der Waals surface area contributed by atoms with Crippen LogP contribution in [0, 0.1) is 12.8 Å². The first kappa shape index (κ1) is 14.6. The summed E-state index contributed by atoms with van der Waals surface area (Å²) in [4.78, 5) is 11.9. The number of hydrogen-bond donors (Lipinski definition) is 1. The van der Waals surface area contributed by atoms with Crippen molar-refractivity contribution in [2.45, 2.75) is 46.8 Å². The van der Waals surface area contributed by atoms with Gasteiger partial charge in [-0.05, 0) is 44.4 Å². The molecule has 1 rings (SSSR count). The lowest BCUT2D eigenvalue weighted by Crippen LogP contribution is -2.43. The molecule has 1 aromatic rings. The molecule has 3 heteroatoms. The van der Waals surface area contributed by atoms with E-state index in [9.17, 15) is 4.79 Å². The SMILES string of the molecule is Cc1cccc(O[C@H](C)C(=O)N[C@H](C)C(C)C)c1. The van der Waals surface area contributed by atoms with Crippen molar-refractivity contribution in [1.29, 1.82) is 0 Å². The third kappa shape index (κ3) is 4.40. The fraction of sp³-hybridized carbons (Fsp3) is 0.533. The normalized spacial score (nSPS) is 14.1. The molecule has 1 amide bonds. The number of amides is 1. The van der Waals surface area contributed by atoms with Crippen LogP contribution in [-0.4, -0.2) is 18.1 Å².